The van der Waals surface area contributed by atoms with E-state index in [-0.39, 0.29) is 12.4 Å². The minimum Gasteiger partial charge on any atom is -0.316 e. The molecule has 0 aliphatic carbocycles. The maximum atomic E-state index is 3.14. The number of nitrogens with one attached hydrogen (secondary N) is 1. The van der Waals surface area contributed by atoms with Crippen LogP contribution in [-0.4, -0.2) is 7.05 Å². The van der Waals surface area contributed by atoms with Crippen molar-refractivity contribution in [3.63, 3.8) is 0 Å². The molecule has 1 heterocycles. The van der Waals surface area contributed by atoms with Crippen molar-refractivity contribution in [2.45, 2.75) is 20.4 Å². The fourth-order valence-electron chi connectivity index (χ4n) is 1.05. The molecule has 11 heavy (non-hydrogen) atoms. The summed E-state index contributed by atoms with van der Waals surface area (Å²) in [5, 5.41) is 3.14. The number of thiophene rings is 1. The van der Waals surface area contributed by atoms with Gasteiger partial charge in [-0.1, -0.05) is 0 Å². The average Bonchev–Trinajstić information content (AvgIpc) is 2.13. The summed E-state index contributed by atoms with van der Waals surface area (Å²) in [6.45, 7) is 5.32. The van der Waals surface area contributed by atoms with E-state index in [2.05, 4.69) is 25.2 Å². The van der Waals surface area contributed by atoms with Crippen LogP contribution in [0.25, 0.3) is 0 Å². The first-order valence-electron chi connectivity index (χ1n) is 3.44. The maximum Gasteiger partial charge on any atom is 0.0213 e. The predicted molar refractivity (Wildman–Crippen MR) is 53.8 cm³/mol. The Labute approximate surface area is 78.2 Å². The largest absolute Gasteiger partial charge is 0.316 e. The second-order valence-electron chi connectivity index (χ2n) is 2.47. The third kappa shape index (κ3) is 2.81. The molecule has 0 amide bonds. The molecule has 0 saturated heterocycles. The third-order valence-electron chi connectivity index (χ3n) is 1.51. The molecule has 0 atom stereocenters. The van der Waals surface area contributed by atoms with Gasteiger partial charge in [-0.15, -0.1) is 23.7 Å². The summed E-state index contributed by atoms with van der Waals surface area (Å²) >= 11 is 1.87. The standard InChI is InChI=1S/C8H13NS.ClH/c1-6-4-8(5-9-3)7(2)10-6;/h4,9H,5H2,1-3H3;1H. The van der Waals surface area contributed by atoms with Gasteiger partial charge in [0.05, 0.1) is 0 Å². The van der Waals surface area contributed by atoms with E-state index in [0.717, 1.165) is 6.54 Å². The van der Waals surface area contributed by atoms with Crippen LogP contribution in [0.1, 0.15) is 15.3 Å². The number of hydrogen-bond acceptors (Lipinski definition) is 2. The van der Waals surface area contributed by atoms with Gasteiger partial charge >= 0.3 is 0 Å². The molecule has 0 saturated carbocycles. The topological polar surface area (TPSA) is 12.0 Å². The van der Waals surface area contributed by atoms with Crippen molar-refractivity contribution in [3.8, 4) is 0 Å². The van der Waals surface area contributed by atoms with Gasteiger partial charge in [0.1, 0.15) is 0 Å². The molecule has 3 heteroatoms. The fourth-order valence-corrected chi connectivity index (χ4v) is 2.00. The van der Waals surface area contributed by atoms with Gasteiger partial charge in [-0.05, 0) is 32.5 Å². The Bertz CT molecular complexity index is 220. The number of rotatable bonds is 2. The molecule has 0 aliphatic rings. The molecule has 1 N–H and O–H groups in total. The van der Waals surface area contributed by atoms with Crippen molar-refractivity contribution >= 4 is 23.7 Å². The van der Waals surface area contributed by atoms with Crippen molar-refractivity contribution in [1.29, 1.82) is 0 Å². The monoisotopic (exact) mass is 191 g/mol. The van der Waals surface area contributed by atoms with E-state index >= 15 is 0 Å². The zero-order valence-electron chi connectivity index (χ0n) is 7.10. The van der Waals surface area contributed by atoms with Crippen LogP contribution in [0.15, 0.2) is 6.07 Å². The van der Waals surface area contributed by atoms with Crippen molar-refractivity contribution in [2.75, 3.05) is 7.05 Å². The molecule has 0 unspecified atom stereocenters. The zero-order valence-corrected chi connectivity index (χ0v) is 8.73. The van der Waals surface area contributed by atoms with Crippen molar-refractivity contribution in [3.05, 3.63) is 21.4 Å². The quantitative estimate of drug-likeness (QED) is 0.758. The first-order valence-corrected chi connectivity index (χ1v) is 4.26. The van der Waals surface area contributed by atoms with E-state index in [1.54, 1.807) is 0 Å². The van der Waals surface area contributed by atoms with Crippen LogP contribution in [0.4, 0.5) is 0 Å². The van der Waals surface area contributed by atoms with E-state index in [0.29, 0.717) is 0 Å². The van der Waals surface area contributed by atoms with E-state index in [1.165, 1.54) is 15.3 Å². The van der Waals surface area contributed by atoms with Crippen LogP contribution in [-0.2, 0) is 6.54 Å². The van der Waals surface area contributed by atoms with Crippen molar-refractivity contribution in [2.24, 2.45) is 0 Å². The van der Waals surface area contributed by atoms with Crippen molar-refractivity contribution < 1.29 is 0 Å². The van der Waals surface area contributed by atoms with Gasteiger partial charge in [0, 0.05) is 16.3 Å². The first-order chi connectivity index (χ1) is 4.74. The highest BCUT2D eigenvalue weighted by atomic mass is 35.5. The molecule has 1 aromatic heterocycles. The lowest BCUT2D eigenvalue weighted by molar-refractivity contribution is 0.816. The minimum absolute atomic E-state index is 0. The van der Waals surface area contributed by atoms with Gasteiger partial charge in [0.15, 0.2) is 0 Å². The average molecular weight is 192 g/mol. The summed E-state index contributed by atoms with van der Waals surface area (Å²) in [6, 6.07) is 2.25. The van der Waals surface area contributed by atoms with Crippen LogP contribution in [0.3, 0.4) is 0 Å². The molecule has 0 aromatic carbocycles. The summed E-state index contributed by atoms with van der Waals surface area (Å²) < 4.78 is 0. The summed E-state index contributed by atoms with van der Waals surface area (Å²) in [5.74, 6) is 0. The summed E-state index contributed by atoms with van der Waals surface area (Å²) in [7, 11) is 1.98. The maximum absolute atomic E-state index is 3.14. The molecule has 0 spiro atoms. The highest BCUT2D eigenvalue weighted by Crippen LogP contribution is 2.19. The van der Waals surface area contributed by atoms with Crippen LogP contribution in [0.2, 0.25) is 0 Å². The minimum atomic E-state index is 0. The molecular weight excluding hydrogens is 178 g/mol. The highest BCUT2D eigenvalue weighted by Gasteiger charge is 1.99. The van der Waals surface area contributed by atoms with Gasteiger partial charge in [0.25, 0.3) is 0 Å². The Morgan fingerprint density at radius 1 is 1.45 bits per heavy atom. The zero-order chi connectivity index (χ0) is 7.56. The van der Waals surface area contributed by atoms with Gasteiger partial charge < -0.3 is 5.32 Å². The molecule has 1 nitrogen and oxygen atoms in total. The number of halogens is 1. The smallest absolute Gasteiger partial charge is 0.0213 e. The van der Waals surface area contributed by atoms with E-state index in [9.17, 15) is 0 Å². The summed E-state index contributed by atoms with van der Waals surface area (Å²) in [6.07, 6.45) is 0. The van der Waals surface area contributed by atoms with E-state index in [1.807, 2.05) is 18.4 Å². The van der Waals surface area contributed by atoms with E-state index < -0.39 is 0 Å². The highest BCUT2D eigenvalue weighted by molar-refractivity contribution is 7.12. The first kappa shape index (κ1) is 11.0. The van der Waals surface area contributed by atoms with Crippen LogP contribution >= 0.6 is 23.7 Å². The Hall–Kier alpha value is -0.0500. The Morgan fingerprint density at radius 3 is 2.45 bits per heavy atom. The SMILES string of the molecule is CNCc1cc(C)sc1C.Cl. The van der Waals surface area contributed by atoms with Crippen LogP contribution in [0, 0.1) is 13.8 Å². The lowest BCUT2D eigenvalue weighted by Crippen LogP contribution is -2.04. The predicted octanol–water partition coefficient (Wildman–Crippen LogP) is 2.51. The number of aryl methyl sites for hydroxylation is 2. The van der Waals surface area contributed by atoms with Gasteiger partial charge in [-0.25, -0.2) is 0 Å². The lowest BCUT2D eigenvalue weighted by Gasteiger charge is -1.94. The molecule has 1 rings (SSSR count). The molecule has 0 radical (unpaired) electrons. The lowest BCUT2D eigenvalue weighted by atomic mass is 10.2. The van der Waals surface area contributed by atoms with Gasteiger partial charge in [0.2, 0.25) is 0 Å². The molecular formula is C8H14ClNS. The van der Waals surface area contributed by atoms with Gasteiger partial charge in [-0.3, -0.25) is 0 Å². The number of hydrogen-bond donors (Lipinski definition) is 1. The van der Waals surface area contributed by atoms with Crippen molar-refractivity contribution in [1.82, 2.24) is 5.32 Å². The van der Waals surface area contributed by atoms with Crippen LogP contribution in [0.5, 0.6) is 0 Å². The Kier molecular flexibility index (Phi) is 4.73. The fraction of sp³-hybridized carbons (Fsp3) is 0.500. The van der Waals surface area contributed by atoms with Gasteiger partial charge in [-0.2, -0.15) is 0 Å². The molecule has 0 aliphatic heterocycles. The third-order valence-corrected chi connectivity index (χ3v) is 2.52. The molecule has 0 bridgehead atoms. The second-order valence-corrected chi connectivity index (χ2v) is 3.93. The summed E-state index contributed by atoms with van der Waals surface area (Å²) in [4.78, 5) is 2.84. The molecule has 64 valence electrons. The molecule has 0 fully saturated rings. The molecule has 1 aromatic rings. The second kappa shape index (κ2) is 4.75. The van der Waals surface area contributed by atoms with Crippen LogP contribution < -0.4 is 5.32 Å². The van der Waals surface area contributed by atoms with E-state index in [4.69, 9.17) is 0 Å². The Balaban J connectivity index is 0.000001000. The normalized spacial score (nSPS) is 9.36. The summed E-state index contributed by atoms with van der Waals surface area (Å²) in [5.41, 5.74) is 1.44. The Morgan fingerprint density at radius 2 is 2.09 bits per heavy atom.